The molecule has 0 fully saturated rings. The van der Waals surface area contributed by atoms with Crippen LogP contribution < -0.4 is 25.8 Å². The third-order valence-corrected chi connectivity index (χ3v) is 5.81. The van der Waals surface area contributed by atoms with E-state index in [0.717, 1.165) is 58.1 Å². The number of fused-ring (bicyclic) bond motifs is 2. The van der Waals surface area contributed by atoms with Gasteiger partial charge in [0.2, 0.25) is 6.79 Å². The van der Waals surface area contributed by atoms with Crippen LogP contribution in [0.2, 0.25) is 0 Å². The number of imidazole rings is 1. The molecule has 0 unspecified atom stereocenters. The zero-order valence-electron chi connectivity index (χ0n) is 16.4. The summed E-state index contributed by atoms with van der Waals surface area (Å²) in [6.07, 6.45) is 0.993. The lowest BCUT2D eigenvalue weighted by molar-refractivity contribution is 0.174. The van der Waals surface area contributed by atoms with Crippen molar-refractivity contribution in [3.63, 3.8) is 0 Å². The second-order valence-corrected chi connectivity index (χ2v) is 8.17. The van der Waals surface area contributed by atoms with E-state index < -0.39 is 0 Å². The molecule has 0 spiro atoms. The third kappa shape index (κ3) is 3.77. The summed E-state index contributed by atoms with van der Waals surface area (Å²) < 4.78 is 13.2. The van der Waals surface area contributed by atoms with Crippen LogP contribution in [0.1, 0.15) is 31.5 Å². The average molecular weight is 403 g/mol. The summed E-state index contributed by atoms with van der Waals surface area (Å²) in [7, 11) is 0. The summed E-state index contributed by atoms with van der Waals surface area (Å²) in [6, 6.07) is 4.51. The highest BCUT2D eigenvalue weighted by Gasteiger charge is 2.24. The van der Waals surface area contributed by atoms with Gasteiger partial charge in [0.25, 0.3) is 0 Å². The van der Waals surface area contributed by atoms with Crippen molar-refractivity contribution >= 4 is 23.4 Å². The molecule has 1 aromatic heterocycles. The van der Waals surface area contributed by atoms with E-state index in [9.17, 15) is 0 Å². The fraction of sp³-hybridized carbons (Fsp3) is 0.474. The highest BCUT2D eigenvalue weighted by atomic mass is 32.2. The Bertz CT molecular complexity index is 908. The van der Waals surface area contributed by atoms with E-state index >= 15 is 0 Å². The Hall–Kier alpha value is -2.39. The lowest BCUT2D eigenvalue weighted by Crippen LogP contribution is -2.25. The number of hydrogen-bond acceptors (Lipinski definition) is 8. The predicted octanol–water partition coefficient (Wildman–Crippen LogP) is 2.55. The molecule has 0 atom stereocenters. The first-order valence-corrected chi connectivity index (χ1v) is 10.3. The number of rotatable bonds is 7. The van der Waals surface area contributed by atoms with Crippen LogP contribution >= 0.6 is 11.8 Å². The van der Waals surface area contributed by atoms with E-state index in [1.807, 2.05) is 12.1 Å². The molecule has 8 nitrogen and oxygen atoms in total. The Labute approximate surface area is 168 Å². The number of benzene rings is 1. The van der Waals surface area contributed by atoms with Crippen LogP contribution in [0.4, 0.5) is 5.82 Å². The van der Waals surface area contributed by atoms with Crippen LogP contribution in [0, 0.1) is 6.92 Å². The molecule has 28 heavy (non-hydrogen) atoms. The van der Waals surface area contributed by atoms with Crippen LogP contribution in [-0.4, -0.2) is 41.4 Å². The van der Waals surface area contributed by atoms with Crippen molar-refractivity contribution in [2.24, 2.45) is 10.7 Å². The van der Waals surface area contributed by atoms with Gasteiger partial charge < -0.3 is 30.4 Å². The topological polar surface area (TPSA) is 98.7 Å². The first-order chi connectivity index (χ1) is 13.5. The fourth-order valence-corrected chi connectivity index (χ4v) is 4.22. The van der Waals surface area contributed by atoms with Crippen molar-refractivity contribution in [3.8, 4) is 11.5 Å². The van der Waals surface area contributed by atoms with Gasteiger partial charge in [-0.3, -0.25) is 0 Å². The lowest BCUT2D eigenvalue weighted by Gasteiger charge is -2.16. The molecule has 0 bridgehead atoms. The molecule has 150 valence electrons. The van der Waals surface area contributed by atoms with Gasteiger partial charge in [0.1, 0.15) is 24.0 Å². The summed E-state index contributed by atoms with van der Waals surface area (Å²) in [6.45, 7) is 8.91. The minimum absolute atomic E-state index is 0.269. The van der Waals surface area contributed by atoms with E-state index in [2.05, 4.69) is 41.0 Å². The number of aryl methyl sites for hydroxylation is 1. The maximum atomic E-state index is 6.10. The minimum atomic E-state index is 0.269. The number of aliphatic imine (C=N–C) groups is 1. The van der Waals surface area contributed by atoms with Crippen LogP contribution in [0.25, 0.3) is 0 Å². The van der Waals surface area contributed by atoms with Gasteiger partial charge in [-0.05, 0) is 37.6 Å². The predicted molar refractivity (Wildman–Crippen MR) is 111 cm³/mol. The molecule has 0 aliphatic carbocycles. The second-order valence-electron chi connectivity index (χ2n) is 7.16. The molecule has 0 radical (unpaired) electrons. The summed E-state index contributed by atoms with van der Waals surface area (Å²) in [4.78, 5) is 10.1. The Kier molecular flexibility index (Phi) is 5.36. The van der Waals surface area contributed by atoms with Gasteiger partial charge in [-0.15, -0.1) is 0 Å². The number of anilines is 1. The molecule has 9 heteroatoms. The van der Waals surface area contributed by atoms with Gasteiger partial charge in [-0.2, -0.15) is 0 Å². The Morgan fingerprint density at radius 3 is 2.89 bits per heavy atom. The smallest absolute Gasteiger partial charge is 0.231 e. The Balaban J connectivity index is 1.62. The fourth-order valence-electron chi connectivity index (χ4n) is 3.21. The number of hydrogen-bond donors (Lipinski definition) is 3. The second kappa shape index (κ2) is 7.92. The highest BCUT2D eigenvalue weighted by molar-refractivity contribution is 7.99. The number of amidine groups is 1. The number of nitrogens with two attached hydrogens (primary N) is 1. The maximum Gasteiger partial charge on any atom is 0.231 e. The average Bonchev–Trinajstić information content (AvgIpc) is 3.24. The Morgan fingerprint density at radius 2 is 2.11 bits per heavy atom. The number of nitrogens with zero attached hydrogens (tertiary/aromatic N) is 3. The van der Waals surface area contributed by atoms with Gasteiger partial charge >= 0.3 is 0 Å². The minimum Gasteiger partial charge on any atom is -0.454 e. The molecule has 4 N–H and O–H groups in total. The number of aromatic nitrogens is 2. The van der Waals surface area contributed by atoms with Crippen LogP contribution in [0.5, 0.6) is 11.5 Å². The largest absolute Gasteiger partial charge is 0.454 e. The van der Waals surface area contributed by atoms with Crippen molar-refractivity contribution in [2.75, 3.05) is 25.3 Å². The monoisotopic (exact) mass is 402 g/mol. The van der Waals surface area contributed by atoms with E-state index in [1.165, 1.54) is 0 Å². The van der Waals surface area contributed by atoms with Crippen molar-refractivity contribution in [3.05, 3.63) is 23.4 Å². The van der Waals surface area contributed by atoms with E-state index in [4.69, 9.17) is 20.2 Å². The first kappa shape index (κ1) is 18.9. The highest BCUT2D eigenvalue weighted by Crippen LogP contribution is 2.41. The van der Waals surface area contributed by atoms with E-state index in [0.29, 0.717) is 18.5 Å². The van der Waals surface area contributed by atoms with Gasteiger partial charge in [-0.1, -0.05) is 25.6 Å². The standard InChI is InChI=1S/C19H26N6O2S/c1-11(2)21-5-4-6-25-18-16(17(20)22-9-23-18)24-19(25)28-15-8-14-13(7-12(15)3)26-10-27-14/h7-8,11,21,23H,4-6,9-10H2,1-3H3,(H2,20,22). The first-order valence-electron chi connectivity index (χ1n) is 9.49. The normalized spacial score (nSPS) is 14.8. The van der Waals surface area contributed by atoms with Crippen molar-refractivity contribution in [1.29, 1.82) is 0 Å². The van der Waals surface area contributed by atoms with Gasteiger partial charge in [0.05, 0.1) is 0 Å². The maximum absolute atomic E-state index is 6.10. The third-order valence-electron chi connectivity index (χ3n) is 4.65. The van der Waals surface area contributed by atoms with Crippen LogP contribution in [0.3, 0.4) is 0 Å². The summed E-state index contributed by atoms with van der Waals surface area (Å²) in [5, 5.41) is 7.68. The molecule has 0 saturated carbocycles. The number of nitrogens with one attached hydrogen (secondary N) is 2. The van der Waals surface area contributed by atoms with Crippen LogP contribution in [0.15, 0.2) is 27.2 Å². The molecule has 0 saturated heterocycles. The molecular formula is C19H26N6O2S. The molecular weight excluding hydrogens is 376 g/mol. The van der Waals surface area contributed by atoms with Crippen molar-refractivity contribution in [2.45, 2.75) is 49.8 Å². The quantitative estimate of drug-likeness (QED) is 0.612. The van der Waals surface area contributed by atoms with Crippen LogP contribution in [-0.2, 0) is 6.54 Å². The van der Waals surface area contributed by atoms with Gasteiger partial charge in [-0.25, -0.2) is 9.98 Å². The van der Waals surface area contributed by atoms with Crippen molar-refractivity contribution < 1.29 is 9.47 Å². The van der Waals surface area contributed by atoms with Crippen molar-refractivity contribution in [1.82, 2.24) is 14.9 Å². The summed E-state index contributed by atoms with van der Waals surface area (Å²) in [5.74, 6) is 2.99. The molecule has 1 aromatic carbocycles. The molecule has 4 rings (SSSR count). The molecule has 3 heterocycles. The molecule has 2 aliphatic heterocycles. The zero-order valence-corrected chi connectivity index (χ0v) is 17.2. The lowest BCUT2D eigenvalue weighted by atomic mass is 10.2. The summed E-state index contributed by atoms with van der Waals surface area (Å²) in [5.41, 5.74) is 7.95. The molecule has 2 aliphatic rings. The van der Waals surface area contributed by atoms with Gasteiger partial charge in [0, 0.05) is 17.5 Å². The SMILES string of the molecule is Cc1cc2c(cc1Sc1nc3c(n1CCCNC(C)C)NCN=C3N)OCO2. The zero-order chi connectivity index (χ0) is 19.7. The van der Waals surface area contributed by atoms with Gasteiger partial charge in [0.15, 0.2) is 16.7 Å². The summed E-state index contributed by atoms with van der Waals surface area (Å²) >= 11 is 1.61. The molecule has 2 aromatic rings. The van der Waals surface area contributed by atoms with E-state index in [-0.39, 0.29) is 6.79 Å². The Morgan fingerprint density at radius 1 is 1.32 bits per heavy atom. The van der Waals surface area contributed by atoms with E-state index in [1.54, 1.807) is 11.8 Å². The number of ether oxygens (including phenoxy) is 2. The molecule has 0 amide bonds.